The van der Waals surface area contributed by atoms with Gasteiger partial charge in [0.15, 0.2) is 0 Å². The Balaban J connectivity index is 3.60. The highest BCUT2D eigenvalue weighted by molar-refractivity contribution is 5.88. The minimum Gasteiger partial charge on any atom is -0.386 e. The monoisotopic (exact) mass is 269 g/mol. The molecule has 104 valence electrons. The van der Waals surface area contributed by atoms with Gasteiger partial charge in [-0.1, -0.05) is 12.8 Å². The normalized spacial score (nSPS) is 11.1. The number of carbonyl (C=O) groups is 3. The summed E-state index contributed by atoms with van der Waals surface area (Å²) in [7, 11) is 0. The van der Waals surface area contributed by atoms with Crippen molar-refractivity contribution < 1.29 is 32.3 Å². The fourth-order valence-corrected chi connectivity index (χ4v) is 1.13. The van der Waals surface area contributed by atoms with Crippen LogP contribution in [0.5, 0.6) is 0 Å². The van der Waals surface area contributed by atoms with Gasteiger partial charge in [-0.05, 0) is 12.8 Å². The fourth-order valence-electron chi connectivity index (χ4n) is 1.13. The summed E-state index contributed by atoms with van der Waals surface area (Å²) in [6.07, 6.45) is -3.16. The summed E-state index contributed by atoms with van der Waals surface area (Å²) in [4.78, 5) is 31.4. The summed E-state index contributed by atoms with van der Waals surface area (Å²) < 4.78 is 38.7. The number of hydrogen-bond donors (Lipinski definition) is 1. The van der Waals surface area contributed by atoms with Crippen molar-refractivity contribution in [3.05, 3.63) is 0 Å². The van der Waals surface area contributed by atoms with E-state index in [1.807, 2.05) is 0 Å². The maximum Gasteiger partial charge on any atom is 0.491 e. The molecule has 0 fully saturated rings. The third-order valence-electron chi connectivity index (χ3n) is 1.99. The second-order valence-electron chi connectivity index (χ2n) is 3.64. The summed E-state index contributed by atoms with van der Waals surface area (Å²) in [5.41, 5.74) is 4.89. The number of nitrogens with two attached hydrogens (primary N) is 1. The van der Waals surface area contributed by atoms with Gasteiger partial charge in [-0.15, -0.1) is 0 Å². The maximum absolute atomic E-state index is 11.7. The van der Waals surface area contributed by atoms with Crippen LogP contribution in [0.3, 0.4) is 0 Å². The Morgan fingerprint density at radius 1 is 0.944 bits per heavy atom. The van der Waals surface area contributed by atoms with Crippen LogP contribution in [0.4, 0.5) is 13.2 Å². The maximum atomic E-state index is 11.7. The summed E-state index contributed by atoms with van der Waals surface area (Å²) in [6, 6.07) is 0. The first kappa shape index (κ1) is 16.4. The lowest BCUT2D eigenvalue weighted by Gasteiger charge is -2.05. The minimum atomic E-state index is -5.16. The van der Waals surface area contributed by atoms with E-state index in [1.165, 1.54) is 0 Å². The predicted molar refractivity (Wildman–Crippen MR) is 54.1 cm³/mol. The van der Waals surface area contributed by atoms with Crippen molar-refractivity contribution in [3.8, 4) is 0 Å². The Hall–Kier alpha value is -1.60. The van der Waals surface area contributed by atoms with Gasteiger partial charge in [0, 0.05) is 12.8 Å². The van der Waals surface area contributed by atoms with Crippen LogP contribution in [0.15, 0.2) is 0 Å². The SMILES string of the molecule is NC(=O)CCCCCCC(=O)OC(=O)C(F)(F)F. The van der Waals surface area contributed by atoms with E-state index in [2.05, 4.69) is 4.74 Å². The number of alkyl halides is 3. The van der Waals surface area contributed by atoms with Gasteiger partial charge >= 0.3 is 18.1 Å². The van der Waals surface area contributed by atoms with Gasteiger partial charge in [-0.2, -0.15) is 13.2 Å². The van der Waals surface area contributed by atoms with Crippen molar-refractivity contribution in [2.45, 2.75) is 44.7 Å². The van der Waals surface area contributed by atoms with E-state index >= 15 is 0 Å². The van der Waals surface area contributed by atoms with Crippen molar-refractivity contribution in [1.29, 1.82) is 0 Å². The fraction of sp³-hybridized carbons (Fsp3) is 0.700. The van der Waals surface area contributed by atoms with E-state index < -0.39 is 24.0 Å². The van der Waals surface area contributed by atoms with Crippen molar-refractivity contribution in [1.82, 2.24) is 0 Å². The van der Waals surface area contributed by atoms with E-state index in [-0.39, 0.29) is 12.8 Å². The van der Waals surface area contributed by atoms with Gasteiger partial charge in [-0.25, -0.2) is 4.79 Å². The number of rotatable bonds is 7. The van der Waals surface area contributed by atoms with E-state index in [0.717, 1.165) is 0 Å². The topological polar surface area (TPSA) is 86.5 Å². The van der Waals surface area contributed by atoms with Crippen LogP contribution in [0.25, 0.3) is 0 Å². The largest absolute Gasteiger partial charge is 0.491 e. The number of unbranched alkanes of at least 4 members (excludes halogenated alkanes) is 3. The molecule has 0 aromatic rings. The third kappa shape index (κ3) is 8.54. The number of halogens is 3. The number of esters is 2. The molecule has 0 radical (unpaired) electrons. The molecular weight excluding hydrogens is 255 g/mol. The van der Waals surface area contributed by atoms with Crippen LogP contribution in [0, 0.1) is 0 Å². The predicted octanol–water partition coefficient (Wildman–Crippen LogP) is 1.44. The van der Waals surface area contributed by atoms with Crippen LogP contribution in [0.1, 0.15) is 38.5 Å². The first-order valence-corrected chi connectivity index (χ1v) is 5.33. The number of primary amides is 1. The van der Waals surface area contributed by atoms with Gasteiger partial charge in [0.1, 0.15) is 0 Å². The third-order valence-corrected chi connectivity index (χ3v) is 1.99. The summed E-state index contributed by atoms with van der Waals surface area (Å²) in [6.45, 7) is 0. The van der Waals surface area contributed by atoms with E-state index in [4.69, 9.17) is 5.73 Å². The molecular formula is C10H14F3NO4. The molecule has 0 saturated carbocycles. The molecule has 18 heavy (non-hydrogen) atoms. The van der Waals surface area contributed by atoms with Crippen LogP contribution in [-0.4, -0.2) is 24.0 Å². The van der Waals surface area contributed by atoms with Crippen LogP contribution >= 0.6 is 0 Å². The van der Waals surface area contributed by atoms with Crippen molar-refractivity contribution >= 4 is 17.8 Å². The second kappa shape index (κ2) is 7.67. The molecule has 1 amide bonds. The summed E-state index contributed by atoms with van der Waals surface area (Å²) >= 11 is 0. The Morgan fingerprint density at radius 2 is 1.44 bits per heavy atom. The Labute approximate surface area is 101 Å². The average molecular weight is 269 g/mol. The van der Waals surface area contributed by atoms with Crippen LogP contribution < -0.4 is 5.73 Å². The van der Waals surface area contributed by atoms with E-state index in [1.54, 1.807) is 0 Å². The number of carbonyl (C=O) groups excluding carboxylic acids is 3. The molecule has 0 bridgehead atoms. The highest BCUT2D eigenvalue weighted by Gasteiger charge is 2.42. The molecule has 0 aliphatic rings. The number of ether oxygens (including phenoxy) is 1. The van der Waals surface area contributed by atoms with Crippen LogP contribution in [0.2, 0.25) is 0 Å². The lowest BCUT2D eigenvalue weighted by Crippen LogP contribution is -2.27. The minimum absolute atomic E-state index is 0.233. The van der Waals surface area contributed by atoms with Gasteiger partial charge in [0.2, 0.25) is 5.91 Å². The summed E-state index contributed by atoms with van der Waals surface area (Å²) in [5.74, 6) is -4.13. The molecule has 0 spiro atoms. The molecule has 0 aromatic carbocycles. The van der Waals surface area contributed by atoms with Gasteiger partial charge < -0.3 is 10.5 Å². The number of hydrogen-bond acceptors (Lipinski definition) is 4. The average Bonchev–Trinajstić information content (AvgIpc) is 2.21. The van der Waals surface area contributed by atoms with Crippen molar-refractivity contribution in [3.63, 3.8) is 0 Å². The zero-order valence-corrected chi connectivity index (χ0v) is 9.59. The molecule has 0 rings (SSSR count). The highest BCUT2D eigenvalue weighted by atomic mass is 19.4. The van der Waals surface area contributed by atoms with E-state index in [0.29, 0.717) is 25.7 Å². The molecule has 5 nitrogen and oxygen atoms in total. The molecule has 0 atom stereocenters. The Morgan fingerprint density at radius 3 is 1.89 bits per heavy atom. The Bertz CT molecular complexity index is 315. The molecule has 2 N–H and O–H groups in total. The smallest absolute Gasteiger partial charge is 0.386 e. The standard InChI is InChI=1S/C10H14F3NO4/c11-10(12,13)9(17)18-8(16)6-4-2-1-3-5-7(14)15/h1-6H2,(H2,14,15). The molecule has 0 aliphatic carbocycles. The zero-order chi connectivity index (χ0) is 14.2. The highest BCUT2D eigenvalue weighted by Crippen LogP contribution is 2.17. The summed E-state index contributed by atoms with van der Waals surface area (Å²) in [5, 5.41) is 0. The molecule has 0 unspecified atom stereocenters. The zero-order valence-electron chi connectivity index (χ0n) is 9.59. The lowest BCUT2D eigenvalue weighted by atomic mass is 10.1. The molecule has 0 saturated heterocycles. The number of amides is 1. The molecule has 0 aliphatic heterocycles. The molecule has 0 heterocycles. The first-order valence-electron chi connectivity index (χ1n) is 5.33. The van der Waals surface area contributed by atoms with Crippen LogP contribution in [-0.2, 0) is 19.1 Å². The molecule has 8 heteroatoms. The van der Waals surface area contributed by atoms with Gasteiger partial charge in [0.25, 0.3) is 0 Å². The molecule has 0 aromatic heterocycles. The second-order valence-corrected chi connectivity index (χ2v) is 3.64. The Kier molecular flexibility index (Phi) is 6.99. The lowest BCUT2D eigenvalue weighted by molar-refractivity contribution is -0.201. The van der Waals surface area contributed by atoms with Gasteiger partial charge in [0.05, 0.1) is 0 Å². The van der Waals surface area contributed by atoms with Crippen molar-refractivity contribution in [2.75, 3.05) is 0 Å². The quantitative estimate of drug-likeness (QED) is 0.430. The van der Waals surface area contributed by atoms with E-state index in [9.17, 15) is 27.6 Å². The van der Waals surface area contributed by atoms with Crippen molar-refractivity contribution in [2.24, 2.45) is 5.73 Å². The van der Waals surface area contributed by atoms with Gasteiger partial charge in [-0.3, -0.25) is 9.59 Å². The first-order chi connectivity index (χ1) is 8.23.